The molecule has 0 radical (unpaired) electrons. The van der Waals surface area contributed by atoms with Gasteiger partial charge in [0.1, 0.15) is 11.3 Å². The summed E-state index contributed by atoms with van der Waals surface area (Å²) in [4.78, 5) is 29.2. The van der Waals surface area contributed by atoms with E-state index < -0.39 is 5.54 Å². The normalized spacial score (nSPS) is 31.2. The van der Waals surface area contributed by atoms with Crippen LogP contribution < -0.4 is 10.1 Å². The van der Waals surface area contributed by atoms with Crippen LogP contribution in [0.25, 0.3) is 0 Å². The minimum absolute atomic E-state index is 0.00753. The Balaban J connectivity index is 1.53. The minimum atomic E-state index is -0.689. The molecule has 1 saturated carbocycles. The largest absolute Gasteiger partial charge is 0.504 e. The topological polar surface area (TPSA) is 77.1 Å². The molecule has 1 spiro atoms. The number of nitrogens with zero attached hydrogens (tertiary/aromatic N) is 1. The number of ether oxygens (including phenoxy) is 3. The summed E-state index contributed by atoms with van der Waals surface area (Å²) in [6.45, 7) is 3.87. The van der Waals surface area contributed by atoms with E-state index in [9.17, 15) is 9.59 Å². The molecule has 5 rings (SSSR count). The molecule has 178 valence electrons. The van der Waals surface area contributed by atoms with Crippen molar-refractivity contribution in [3.8, 4) is 5.75 Å². The molecule has 4 aliphatic rings. The van der Waals surface area contributed by atoms with Gasteiger partial charge in [0.05, 0.1) is 44.4 Å². The van der Waals surface area contributed by atoms with Crippen LogP contribution in [0, 0.1) is 11.8 Å². The standard InChI is InChI=1S/C26H34N2O5/c1-5-15-13-28-11-10-26(21(28)12-18(15)19(14-31-2)25(30)33-4)24(29)22-20(32-3)9-8-17(16-6-7-16)23(22)27-26/h8-9,14-16,18,21,27H,5-7,10-13H2,1-4H3/b19-14+/t15-,18+,21+,26+/m1/s1. The molecule has 2 saturated heterocycles. The minimum Gasteiger partial charge on any atom is -0.504 e. The Morgan fingerprint density at radius 1 is 1.27 bits per heavy atom. The third-order valence-electron chi connectivity index (χ3n) is 8.32. The zero-order chi connectivity index (χ0) is 23.3. The zero-order valence-corrected chi connectivity index (χ0v) is 20.0. The second-order valence-electron chi connectivity index (χ2n) is 9.88. The Hall–Kier alpha value is -2.54. The number of Topliss-reactive ketones (excluding diaryl/α,β-unsaturated/α-hetero) is 1. The Bertz CT molecular complexity index is 1000. The number of fused-ring (bicyclic) bond motifs is 3. The average molecular weight is 455 g/mol. The van der Waals surface area contributed by atoms with Crippen LogP contribution >= 0.6 is 0 Å². The average Bonchev–Trinajstić information content (AvgIpc) is 3.56. The Kier molecular flexibility index (Phi) is 5.63. The third kappa shape index (κ3) is 3.35. The molecule has 1 N–H and O–H groups in total. The summed E-state index contributed by atoms with van der Waals surface area (Å²) in [6, 6.07) is 4.06. The van der Waals surface area contributed by atoms with Crippen LogP contribution in [-0.4, -0.2) is 62.7 Å². The number of rotatable bonds is 6. The lowest BCUT2D eigenvalue weighted by atomic mass is 9.72. The lowest BCUT2D eigenvalue weighted by Crippen LogP contribution is -2.57. The summed E-state index contributed by atoms with van der Waals surface area (Å²) in [5.74, 6) is 1.22. The van der Waals surface area contributed by atoms with E-state index in [2.05, 4.69) is 23.2 Å². The number of hydrogen-bond donors (Lipinski definition) is 1. The number of piperidine rings is 1. The smallest absolute Gasteiger partial charge is 0.337 e. The predicted octanol–water partition coefficient (Wildman–Crippen LogP) is 3.74. The molecule has 0 bridgehead atoms. The molecule has 7 nitrogen and oxygen atoms in total. The maximum absolute atomic E-state index is 14.1. The van der Waals surface area contributed by atoms with Crippen molar-refractivity contribution in [3.63, 3.8) is 0 Å². The highest BCUT2D eigenvalue weighted by molar-refractivity contribution is 6.16. The lowest BCUT2D eigenvalue weighted by molar-refractivity contribution is -0.137. The van der Waals surface area contributed by atoms with Gasteiger partial charge in [-0.15, -0.1) is 0 Å². The van der Waals surface area contributed by atoms with Gasteiger partial charge < -0.3 is 19.5 Å². The van der Waals surface area contributed by atoms with Crippen molar-refractivity contribution in [2.45, 2.75) is 56.5 Å². The number of anilines is 1. The van der Waals surface area contributed by atoms with Gasteiger partial charge in [0.2, 0.25) is 0 Å². The van der Waals surface area contributed by atoms with E-state index in [0.29, 0.717) is 35.1 Å². The van der Waals surface area contributed by atoms with Gasteiger partial charge in [-0.05, 0) is 55.1 Å². The fourth-order valence-electron chi connectivity index (χ4n) is 6.49. The van der Waals surface area contributed by atoms with Crippen molar-refractivity contribution >= 4 is 17.4 Å². The molecule has 1 aromatic rings. The van der Waals surface area contributed by atoms with E-state index in [0.717, 1.165) is 31.6 Å². The molecule has 3 heterocycles. The number of carbonyl (C=O) groups is 2. The number of esters is 1. The van der Waals surface area contributed by atoms with E-state index in [1.165, 1.54) is 31.8 Å². The van der Waals surface area contributed by atoms with E-state index in [4.69, 9.17) is 14.2 Å². The van der Waals surface area contributed by atoms with E-state index in [1.54, 1.807) is 14.2 Å². The first-order chi connectivity index (χ1) is 16.0. The predicted molar refractivity (Wildman–Crippen MR) is 125 cm³/mol. The molecule has 7 heteroatoms. The van der Waals surface area contributed by atoms with E-state index in [-0.39, 0.29) is 23.7 Å². The van der Waals surface area contributed by atoms with Gasteiger partial charge in [-0.2, -0.15) is 0 Å². The number of benzene rings is 1. The van der Waals surface area contributed by atoms with Gasteiger partial charge in [0.15, 0.2) is 5.78 Å². The Labute approximate surface area is 195 Å². The highest BCUT2D eigenvalue weighted by Crippen LogP contribution is 2.54. The molecule has 0 amide bonds. The van der Waals surface area contributed by atoms with Crippen molar-refractivity contribution in [2.24, 2.45) is 11.8 Å². The van der Waals surface area contributed by atoms with Gasteiger partial charge >= 0.3 is 5.97 Å². The molecule has 0 aromatic heterocycles. The molecule has 33 heavy (non-hydrogen) atoms. The van der Waals surface area contributed by atoms with Crippen LogP contribution in [0.3, 0.4) is 0 Å². The van der Waals surface area contributed by atoms with Crippen LogP contribution in [0.2, 0.25) is 0 Å². The zero-order valence-electron chi connectivity index (χ0n) is 20.0. The highest BCUT2D eigenvalue weighted by Gasteiger charge is 2.60. The third-order valence-corrected chi connectivity index (χ3v) is 8.32. The van der Waals surface area contributed by atoms with Crippen molar-refractivity contribution in [3.05, 3.63) is 35.1 Å². The van der Waals surface area contributed by atoms with Crippen molar-refractivity contribution in [1.82, 2.24) is 4.90 Å². The van der Waals surface area contributed by atoms with Crippen molar-refractivity contribution in [2.75, 3.05) is 39.7 Å². The van der Waals surface area contributed by atoms with Gasteiger partial charge in [-0.25, -0.2) is 4.79 Å². The van der Waals surface area contributed by atoms with Gasteiger partial charge in [0, 0.05) is 19.1 Å². The number of nitrogens with one attached hydrogen (secondary N) is 1. The first-order valence-electron chi connectivity index (χ1n) is 12.1. The fourth-order valence-corrected chi connectivity index (χ4v) is 6.49. The van der Waals surface area contributed by atoms with E-state index >= 15 is 0 Å². The molecule has 1 aromatic carbocycles. The molecule has 4 atom stereocenters. The maximum atomic E-state index is 14.1. The van der Waals surface area contributed by atoms with Gasteiger partial charge in [0.25, 0.3) is 0 Å². The second-order valence-corrected chi connectivity index (χ2v) is 9.88. The van der Waals surface area contributed by atoms with Crippen LogP contribution in [0.5, 0.6) is 5.75 Å². The monoisotopic (exact) mass is 454 g/mol. The van der Waals surface area contributed by atoms with Crippen LogP contribution in [-0.2, 0) is 14.3 Å². The number of carbonyl (C=O) groups excluding carboxylic acids is 2. The first kappa shape index (κ1) is 22.3. The molecule has 3 fully saturated rings. The van der Waals surface area contributed by atoms with Crippen molar-refractivity contribution < 1.29 is 23.8 Å². The summed E-state index contributed by atoms with van der Waals surface area (Å²) in [5, 5.41) is 3.75. The summed E-state index contributed by atoms with van der Waals surface area (Å²) < 4.78 is 16.0. The van der Waals surface area contributed by atoms with Gasteiger partial charge in [-0.3, -0.25) is 9.69 Å². The maximum Gasteiger partial charge on any atom is 0.337 e. The SMILES string of the molecule is CC[C@@H]1CN2CC[C@]3(Nc4c(C5CC5)ccc(OC)c4C3=O)[C@@H]2C[C@@H]1/C(=C\OC)C(=O)OC. The molecule has 1 aliphatic carbocycles. The molecular formula is C26H34N2O5. The molecule has 3 aliphatic heterocycles. The second kappa shape index (κ2) is 8.35. The summed E-state index contributed by atoms with van der Waals surface area (Å²) in [6.07, 6.45) is 6.27. The van der Waals surface area contributed by atoms with Gasteiger partial charge in [-0.1, -0.05) is 19.4 Å². The lowest BCUT2D eigenvalue weighted by Gasteiger charge is -2.45. The Morgan fingerprint density at radius 2 is 2.06 bits per heavy atom. The van der Waals surface area contributed by atoms with Crippen LogP contribution in [0.4, 0.5) is 5.69 Å². The Morgan fingerprint density at radius 3 is 2.70 bits per heavy atom. The quantitative estimate of drug-likeness (QED) is 0.399. The van der Waals surface area contributed by atoms with E-state index in [1.807, 2.05) is 6.07 Å². The number of hydrogen-bond acceptors (Lipinski definition) is 7. The summed E-state index contributed by atoms with van der Waals surface area (Å²) >= 11 is 0. The summed E-state index contributed by atoms with van der Waals surface area (Å²) in [5.41, 5.74) is 2.79. The molecular weight excluding hydrogens is 420 g/mol. The number of methoxy groups -OCH3 is 3. The van der Waals surface area contributed by atoms with Crippen LogP contribution in [0.1, 0.15) is 60.9 Å². The van der Waals surface area contributed by atoms with Crippen molar-refractivity contribution in [1.29, 1.82) is 0 Å². The molecule has 0 unspecified atom stereocenters. The summed E-state index contributed by atoms with van der Waals surface area (Å²) in [7, 11) is 4.59. The van der Waals surface area contributed by atoms with Crippen LogP contribution in [0.15, 0.2) is 24.0 Å². The first-order valence-corrected chi connectivity index (χ1v) is 12.1. The highest BCUT2D eigenvalue weighted by atomic mass is 16.5. The fraction of sp³-hybridized carbons (Fsp3) is 0.615. The number of ketones is 1.